The lowest BCUT2D eigenvalue weighted by Crippen LogP contribution is -2.30. The van der Waals surface area contributed by atoms with Crippen molar-refractivity contribution in [3.8, 4) is 5.69 Å². The normalized spacial score (nSPS) is 11.0. The summed E-state index contributed by atoms with van der Waals surface area (Å²) in [6, 6.07) is 27.2. The lowest BCUT2D eigenvalue weighted by atomic mass is 10.2. The Morgan fingerprint density at radius 1 is 0.848 bits per heavy atom. The predicted octanol–water partition coefficient (Wildman–Crippen LogP) is 5.23. The van der Waals surface area contributed by atoms with E-state index in [2.05, 4.69) is 10.7 Å². The van der Waals surface area contributed by atoms with Crippen LogP contribution in [0.25, 0.3) is 16.7 Å². The van der Waals surface area contributed by atoms with Gasteiger partial charge >= 0.3 is 0 Å². The number of aromatic nitrogens is 4. The molecule has 0 aliphatic rings. The van der Waals surface area contributed by atoms with Crippen molar-refractivity contribution in [1.29, 1.82) is 0 Å². The SMILES string of the molecule is CSc1nn(-c2ccccc2)c2nc(Nc3ccc(C)cc3)n(Nc3ccccc3)c(=O)c12. The minimum atomic E-state index is -0.231. The van der Waals surface area contributed by atoms with Gasteiger partial charge in [-0.15, -0.1) is 11.8 Å². The summed E-state index contributed by atoms with van der Waals surface area (Å²) in [5.41, 5.74) is 7.05. The minimum absolute atomic E-state index is 0.231. The van der Waals surface area contributed by atoms with Crippen molar-refractivity contribution in [2.75, 3.05) is 17.0 Å². The molecule has 8 heteroatoms. The Bertz CT molecular complexity index is 1460. The molecule has 0 amide bonds. The third-order valence-corrected chi connectivity index (χ3v) is 5.86. The van der Waals surface area contributed by atoms with Crippen molar-refractivity contribution < 1.29 is 0 Å². The topological polar surface area (TPSA) is 76.8 Å². The quantitative estimate of drug-likeness (QED) is 0.342. The molecule has 0 radical (unpaired) electrons. The maximum Gasteiger partial charge on any atom is 0.286 e. The summed E-state index contributed by atoms with van der Waals surface area (Å²) >= 11 is 1.42. The highest BCUT2D eigenvalue weighted by molar-refractivity contribution is 7.98. The standard InChI is InChI=1S/C25H22N6OS/c1-17-13-15-18(16-14-17)26-25-27-22-21(24(32)31(25)28-19-9-5-3-6-10-19)23(33-2)29-30(22)20-11-7-4-8-12-20/h3-16,28H,1-2H3,(H,26,27). The largest absolute Gasteiger partial charge is 0.324 e. The summed E-state index contributed by atoms with van der Waals surface area (Å²) in [6.07, 6.45) is 1.91. The number of thioether (sulfide) groups is 1. The van der Waals surface area contributed by atoms with E-state index < -0.39 is 0 Å². The molecule has 0 aliphatic heterocycles. The molecule has 2 heterocycles. The summed E-state index contributed by atoms with van der Waals surface area (Å²) in [4.78, 5) is 18.6. The van der Waals surface area contributed by atoms with E-state index in [0.29, 0.717) is 22.0 Å². The lowest BCUT2D eigenvalue weighted by Gasteiger charge is -2.16. The van der Waals surface area contributed by atoms with Gasteiger partial charge in [0.1, 0.15) is 10.4 Å². The van der Waals surface area contributed by atoms with Gasteiger partial charge in [0.05, 0.1) is 11.4 Å². The minimum Gasteiger partial charge on any atom is -0.324 e. The van der Waals surface area contributed by atoms with Crippen LogP contribution in [0.15, 0.2) is 94.7 Å². The highest BCUT2D eigenvalue weighted by atomic mass is 32.2. The van der Waals surface area contributed by atoms with Gasteiger partial charge in [-0.1, -0.05) is 54.1 Å². The van der Waals surface area contributed by atoms with Gasteiger partial charge in [-0.3, -0.25) is 10.2 Å². The van der Waals surface area contributed by atoms with Crippen molar-refractivity contribution in [2.45, 2.75) is 11.9 Å². The number of fused-ring (bicyclic) bond motifs is 1. The van der Waals surface area contributed by atoms with E-state index in [-0.39, 0.29) is 5.56 Å². The first-order valence-electron chi connectivity index (χ1n) is 10.4. The second kappa shape index (κ2) is 8.84. The summed E-state index contributed by atoms with van der Waals surface area (Å²) in [5, 5.41) is 9.08. The van der Waals surface area contributed by atoms with Crippen LogP contribution < -0.4 is 16.3 Å². The Labute approximate surface area is 195 Å². The van der Waals surface area contributed by atoms with E-state index in [1.165, 1.54) is 16.4 Å². The summed E-state index contributed by atoms with van der Waals surface area (Å²) in [7, 11) is 0. The van der Waals surface area contributed by atoms with Crippen LogP contribution in [0.5, 0.6) is 0 Å². The van der Waals surface area contributed by atoms with E-state index in [9.17, 15) is 4.79 Å². The smallest absolute Gasteiger partial charge is 0.286 e. The molecule has 3 aromatic carbocycles. The van der Waals surface area contributed by atoms with Gasteiger partial charge in [0, 0.05) is 5.69 Å². The van der Waals surface area contributed by atoms with Gasteiger partial charge in [-0.05, 0) is 49.6 Å². The van der Waals surface area contributed by atoms with Gasteiger partial charge in [0.25, 0.3) is 5.56 Å². The molecular weight excluding hydrogens is 432 g/mol. The molecule has 5 rings (SSSR count). The molecule has 0 aliphatic carbocycles. The van der Waals surface area contributed by atoms with E-state index in [0.717, 1.165) is 22.6 Å². The average Bonchev–Trinajstić information content (AvgIpc) is 3.23. The first-order chi connectivity index (χ1) is 16.1. The number of benzene rings is 3. The number of nitrogens with one attached hydrogen (secondary N) is 2. The first-order valence-corrected chi connectivity index (χ1v) is 11.7. The van der Waals surface area contributed by atoms with E-state index in [1.807, 2.05) is 98.1 Å². The summed E-state index contributed by atoms with van der Waals surface area (Å²) in [6.45, 7) is 2.03. The van der Waals surface area contributed by atoms with Crippen LogP contribution in [-0.4, -0.2) is 25.7 Å². The van der Waals surface area contributed by atoms with Crippen LogP contribution in [0, 0.1) is 6.92 Å². The number of aryl methyl sites for hydroxylation is 1. The fourth-order valence-electron chi connectivity index (χ4n) is 3.53. The average molecular weight is 455 g/mol. The van der Waals surface area contributed by atoms with Crippen LogP contribution in [0.1, 0.15) is 5.56 Å². The Kier molecular flexibility index (Phi) is 5.58. The number of hydrogen-bond donors (Lipinski definition) is 2. The molecule has 2 N–H and O–H groups in total. The van der Waals surface area contributed by atoms with Gasteiger partial charge in [0.15, 0.2) is 5.65 Å². The molecule has 0 bridgehead atoms. The van der Waals surface area contributed by atoms with E-state index in [1.54, 1.807) is 4.68 Å². The van der Waals surface area contributed by atoms with E-state index >= 15 is 0 Å². The molecule has 7 nitrogen and oxygen atoms in total. The molecule has 0 saturated carbocycles. The molecule has 0 fully saturated rings. The van der Waals surface area contributed by atoms with Crippen LogP contribution >= 0.6 is 11.8 Å². The number of para-hydroxylation sites is 2. The summed E-state index contributed by atoms with van der Waals surface area (Å²) < 4.78 is 3.16. The monoisotopic (exact) mass is 454 g/mol. The van der Waals surface area contributed by atoms with Gasteiger partial charge in [-0.25, -0.2) is 4.68 Å². The Hall–Kier alpha value is -4.04. The van der Waals surface area contributed by atoms with Crippen LogP contribution in [0.4, 0.5) is 17.3 Å². The Balaban J connectivity index is 1.74. The van der Waals surface area contributed by atoms with Crippen molar-refractivity contribution in [2.24, 2.45) is 0 Å². The Morgan fingerprint density at radius 2 is 1.52 bits per heavy atom. The maximum atomic E-state index is 13.8. The molecule has 2 aromatic heterocycles. The number of anilines is 3. The molecule has 0 unspecified atom stereocenters. The zero-order valence-corrected chi connectivity index (χ0v) is 19.0. The fraction of sp³-hybridized carbons (Fsp3) is 0.0800. The molecule has 0 saturated heterocycles. The zero-order chi connectivity index (χ0) is 22.8. The highest BCUT2D eigenvalue weighted by Crippen LogP contribution is 2.26. The molecule has 0 atom stereocenters. The number of nitrogens with zero attached hydrogens (tertiary/aromatic N) is 4. The van der Waals surface area contributed by atoms with Gasteiger partial charge in [-0.2, -0.15) is 14.8 Å². The van der Waals surface area contributed by atoms with Crippen molar-refractivity contribution >= 4 is 40.1 Å². The molecule has 5 aromatic rings. The third-order valence-electron chi connectivity index (χ3n) is 5.19. The van der Waals surface area contributed by atoms with Gasteiger partial charge < -0.3 is 5.32 Å². The fourth-order valence-corrected chi connectivity index (χ4v) is 4.07. The second-order valence-corrected chi connectivity index (χ2v) is 8.30. The molecular formula is C25H22N6OS. The van der Waals surface area contributed by atoms with Gasteiger partial charge in [0.2, 0.25) is 5.95 Å². The summed E-state index contributed by atoms with van der Waals surface area (Å²) in [5.74, 6) is 0.366. The third kappa shape index (κ3) is 4.08. The van der Waals surface area contributed by atoms with Crippen LogP contribution in [0.2, 0.25) is 0 Å². The maximum absolute atomic E-state index is 13.8. The molecule has 164 valence electrons. The number of hydrogen-bond acceptors (Lipinski definition) is 6. The Morgan fingerprint density at radius 3 is 2.18 bits per heavy atom. The van der Waals surface area contributed by atoms with Crippen molar-refractivity contribution in [1.82, 2.24) is 19.4 Å². The molecule has 33 heavy (non-hydrogen) atoms. The van der Waals surface area contributed by atoms with Crippen molar-refractivity contribution in [3.05, 3.63) is 101 Å². The van der Waals surface area contributed by atoms with E-state index in [4.69, 9.17) is 10.1 Å². The van der Waals surface area contributed by atoms with Crippen molar-refractivity contribution in [3.63, 3.8) is 0 Å². The van der Waals surface area contributed by atoms with Crippen LogP contribution in [0.3, 0.4) is 0 Å². The first kappa shape index (κ1) is 20.8. The number of rotatable bonds is 6. The predicted molar refractivity (Wildman–Crippen MR) is 135 cm³/mol. The second-order valence-electron chi connectivity index (χ2n) is 7.50. The van der Waals surface area contributed by atoms with Crippen LogP contribution in [-0.2, 0) is 0 Å². The lowest BCUT2D eigenvalue weighted by molar-refractivity contribution is 0.847. The highest BCUT2D eigenvalue weighted by Gasteiger charge is 2.21. The zero-order valence-electron chi connectivity index (χ0n) is 18.2. The molecule has 0 spiro atoms.